The minimum Gasteiger partial charge on any atom is -0.349 e. The van der Waals surface area contributed by atoms with E-state index in [1.54, 1.807) is 0 Å². The van der Waals surface area contributed by atoms with Gasteiger partial charge >= 0.3 is 0 Å². The number of nitrogens with two attached hydrogens (primary N) is 1. The first kappa shape index (κ1) is 17.5. The van der Waals surface area contributed by atoms with Crippen LogP contribution in [-0.4, -0.2) is 30.0 Å². The third-order valence-electron chi connectivity index (χ3n) is 2.03. The number of hydrogen-bond acceptors (Lipinski definition) is 3. The molecule has 92 valence electrons. The average Bonchev–Trinajstić information content (AvgIpc) is 2.02. The number of nitrogens with one attached hydrogen (secondary N) is 1. The van der Waals surface area contributed by atoms with Crippen LogP contribution in [-0.2, 0) is 4.79 Å². The fraction of sp³-hybridized carbons (Fsp3) is 0.900. The predicted molar refractivity (Wildman–Crippen MR) is 70.7 cm³/mol. The lowest BCUT2D eigenvalue weighted by Gasteiger charge is -2.31. The summed E-state index contributed by atoms with van der Waals surface area (Å²) in [6.45, 7) is 6.76. The standard InChI is InChI=1S/C10H22N2OS.ClH/c1-8(2)5-10(3,7-11)12-9(13)6-14-4;/h8H,5-7,11H2,1-4H3,(H,12,13);1H. The maximum absolute atomic E-state index is 11.4. The van der Waals surface area contributed by atoms with Gasteiger partial charge in [-0.05, 0) is 25.5 Å². The normalized spacial score (nSPS) is 14.3. The average molecular weight is 255 g/mol. The quantitative estimate of drug-likeness (QED) is 0.758. The lowest BCUT2D eigenvalue weighted by molar-refractivity contribution is -0.120. The van der Waals surface area contributed by atoms with Crippen LogP contribution < -0.4 is 11.1 Å². The van der Waals surface area contributed by atoms with E-state index < -0.39 is 0 Å². The Bertz CT molecular complexity index is 190. The number of amides is 1. The van der Waals surface area contributed by atoms with Gasteiger partial charge in [-0.2, -0.15) is 11.8 Å². The van der Waals surface area contributed by atoms with Gasteiger partial charge in [0.05, 0.1) is 5.75 Å². The van der Waals surface area contributed by atoms with Crippen LogP contribution >= 0.6 is 24.2 Å². The van der Waals surface area contributed by atoms with Gasteiger partial charge in [-0.3, -0.25) is 4.79 Å². The summed E-state index contributed by atoms with van der Waals surface area (Å²) in [5.74, 6) is 1.12. The Balaban J connectivity index is 0. The number of halogens is 1. The molecule has 0 aliphatic heterocycles. The Morgan fingerprint density at radius 3 is 2.40 bits per heavy atom. The molecule has 0 aliphatic carbocycles. The summed E-state index contributed by atoms with van der Waals surface area (Å²) in [5.41, 5.74) is 5.43. The van der Waals surface area contributed by atoms with Crippen LogP contribution in [0.1, 0.15) is 27.2 Å². The minimum absolute atomic E-state index is 0. The topological polar surface area (TPSA) is 55.1 Å². The van der Waals surface area contributed by atoms with E-state index in [4.69, 9.17) is 5.73 Å². The number of rotatable bonds is 6. The van der Waals surface area contributed by atoms with Gasteiger partial charge in [0.1, 0.15) is 0 Å². The molecular formula is C10H23ClN2OS. The molecule has 0 radical (unpaired) electrons. The molecule has 3 nitrogen and oxygen atoms in total. The van der Waals surface area contributed by atoms with Gasteiger partial charge in [-0.15, -0.1) is 12.4 Å². The van der Waals surface area contributed by atoms with Gasteiger partial charge in [0.2, 0.25) is 5.91 Å². The van der Waals surface area contributed by atoms with Gasteiger partial charge in [-0.1, -0.05) is 13.8 Å². The molecule has 0 aromatic heterocycles. The highest BCUT2D eigenvalue weighted by molar-refractivity contribution is 7.99. The summed E-state index contributed by atoms with van der Waals surface area (Å²) in [6.07, 6.45) is 2.84. The fourth-order valence-corrected chi connectivity index (χ4v) is 1.92. The van der Waals surface area contributed by atoms with Gasteiger partial charge in [0.15, 0.2) is 0 Å². The molecule has 0 aliphatic rings. The Kier molecular flexibility index (Phi) is 9.60. The molecule has 0 aromatic rings. The van der Waals surface area contributed by atoms with E-state index in [1.807, 2.05) is 13.2 Å². The minimum atomic E-state index is -0.249. The van der Waals surface area contributed by atoms with Gasteiger partial charge < -0.3 is 11.1 Å². The largest absolute Gasteiger partial charge is 0.349 e. The molecule has 0 saturated heterocycles. The fourth-order valence-electron chi connectivity index (χ4n) is 1.59. The molecule has 0 fully saturated rings. The number of hydrogen-bond donors (Lipinski definition) is 2. The van der Waals surface area contributed by atoms with Crippen LogP contribution in [0.4, 0.5) is 0 Å². The van der Waals surface area contributed by atoms with E-state index >= 15 is 0 Å². The molecule has 1 amide bonds. The predicted octanol–water partition coefficient (Wildman–Crippen LogP) is 1.65. The van der Waals surface area contributed by atoms with Crippen LogP contribution in [0, 0.1) is 5.92 Å². The zero-order valence-electron chi connectivity index (χ0n) is 10.0. The molecular weight excluding hydrogens is 232 g/mol. The Labute approximate surface area is 103 Å². The van der Waals surface area contributed by atoms with E-state index in [-0.39, 0.29) is 23.9 Å². The van der Waals surface area contributed by atoms with Crippen molar-refractivity contribution in [2.24, 2.45) is 11.7 Å². The lowest BCUT2D eigenvalue weighted by Crippen LogP contribution is -2.52. The second-order valence-electron chi connectivity index (χ2n) is 4.34. The monoisotopic (exact) mass is 254 g/mol. The van der Waals surface area contributed by atoms with Crippen molar-refractivity contribution in [2.45, 2.75) is 32.7 Å². The molecule has 1 unspecified atom stereocenters. The summed E-state index contributed by atoms with van der Waals surface area (Å²) in [5, 5.41) is 2.99. The van der Waals surface area contributed by atoms with E-state index in [0.29, 0.717) is 18.2 Å². The molecule has 0 heterocycles. The number of carbonyl (C=O) groups excluding carboxylic acids is 1. The van der Waals surface area contributed by atoms with Crippen molar-refractivity contribution in [3.05, 3.63) is 0 Å². The SMILES string of the molecule is CSCC(=O)NC(C)(CN)CC(C)C.Cl. The van der Waals surface area contributed by atoms with Crippen LogP contribution in [0.3, 0.4) is 0 Å². The summed E-state index contributed by atoms with van der Waals surface area (Å²) in [7, 11) is 0. The molecule has 0 spiro atoms. The van der Waals surface area contributed by atoms with E-state index in [2.05, 4.69) is 19.2 Å². The van der Waals surface area contributed by atoms with Crippen molar-refractivity contribution < 1.29 is 4.79 Å². The van der Waals surface area contributed by atoms with Gasteiger partial charge in [0, 0.05) is 12.1 Å². The maximum atomic E-state index is 11.4. The second kappa shape index (κ2) is 8.25. The summed E-state index contributed by atoms with van der Waals surface area (Å²) in [4.78, 5) is 11.4. The van der Waals surface area contributed by atoms with Crippen molar-refractivity contribution in [1.82, 2.24) is 5.32 Å². The zero-order chi connectivity index (χ0) is 11.2. The highest BCUT2D eigenvalue weighted by Gasteiger charge is 2.25. The molecule has 5 heteroatoms. The highest BCUT2D eigenvalue weighted by atomic mass is 35.5. The van der Waals surface area contributed by atoms with E-state index in [1.165, 1.54) is 11.8 Å². The molecule has 0 bridgehead atoms. The van der Waals surface area contributed by atoms with Crippen molar-refractivity contribution in [3.8, 4) is 0 Å². The van der Waals surface area contributed by atoms with Crippen LogP contribution in [0.2, 0.25) is 0 Å². The van der Waals surface area contributed by atoms with Crippen molar-refractivity contribution in [3.63, 3.8) is 0 Å². The molecule has 1 atom stereocenters. The molecule has 0 aromatic carbocycles. The molecule has 0 saturated carbocycles. The van der Waals surface area contributed by atoms with Crippen molar-refractivity contribution in [1.29, 1.82) is 0 Å². The smallest absolute Gasteiger partial charge is 0.230 e. The zero-order valence-corrected chi connectivity index (χ0v) is 11.6. The van der Waals surface area contributed by atoms with Crippen molar-refractivity contribution >= 4 is 30.1 Å². The van der Waals surface area contributed by atoms with Crippen LogP contribution in [0.25, 0.3) is 0 Å². The third kappa shape index (κ3) is 7.94. The van der Waals surface area contributed by atoms with E-state index in [0.717, 1.165) is 6.42 Å². The van der Waals surface area contributed by atoms with E-state index in [9.17, 15) is 4.79 Å². The number of carbonyl (C=O) groups is 1. The summed E-state index contributed by atoms with van der Waals surface area (Å²) in [6, 6.07) is 0. The van der Waals surface area contributed by atoms with Crippen molar-refractivity contribution in [2.75, 3.05) is 18.6 Å². The third-order valence-corrected chi connectivity index (χ3v) is 2.58. The molecule has 0 rings (SSSR count). The van der Waals surface area contributed by atoms with Crippen LogP contribution in [0.15, 0.2) is 0 Å². The summed E-state index contributed by atoms with van der Waals surface area (Å²) < 4.78 is 0. The Morgan fingerprint density at radius 1 is 1.53 bits per heavy atom. The highest BCUT2D eigenvalue weighted by Crippen LogP contribution is 2.15. The van der Waals surface area contributed by atoms with Crippen LogP contribution in [0.5, 0.6) is 0 Å². The number of thioether (sulfide) groups is 1. The lowest BCUT2D eigenvalue weighted by atomic mass is 9.91. The maximum Gasteiger partial charge on any atom is 0.230 e. The molecule has 3 N–H and O–H groups in total. The Morgan fingerprint density at radius 2 is 2.07 bits per heavy atom. The second-order valence-corrected chi connectivity index (χ2v) is 5.21. The Hall–Kier alpha value is 0.0700. The van der Waals surface area contributed by atoms with Gasteiger partial charge in [-0.25, -0.2) is 0 Å². The first-order chi connectivity index (χ1) is 6.43. The molecule has 15 heavy (non-hydrogen) atoms. The first-order valence-electron chi connectivity index (χ1n) is 4.93. The first-order valence-corrected chi connectivity index (χ1v) is 6.33. The summed E-state index contributed by atoms with van der Waals surface area (Å²) >= 11 is 1.53. The van der Waals surface area contributed by atoms with Gasteiger partial charge in [0.25, 0.3) is 0 Å².